The number of hydrogen-bond donors (Lipinski definition) is 1. The van der Waals surface area contributed by atoms with Crippen molar-refractivity contribution in [3.63, 3.8) is 0 Å². The Morgan fingerprint density at radius 3 is 2.70 bits per heavy atom. The summed E-state index contributed by atoms with van der Waals surface area (Å²) in [5.41, 5.74) is 3.26. The smallest absolute Gasteiger partial charge is 0.277 e. The van der Waals surface area contributed by atoms with Crippen molar-refractivity contribution in [2.24, 2.45) is 5.10 Å². The summed E-state index contributed by atoms with van der Waals surface area (Å²) >= 11 is 7.94. The molecule has 0 aliphatic heterocycles. The van der Waals surface area contributed by atoms with Crippen LogP contribution in [0.1, 0.15) is 5.56 Å². The average Bonchev–Trinajstić information content (AvgIpc) is 2.54. The Kier molecular flexibility index (Phi) is 6.66. The number of carbonyl (C=O) groups excluding carboxylic acids is 1. The van der Waals surface area contributed by atoms with Gasteiger partial charge in [-0.25, -0.2) is 5.43 Å². The lowest BCUT2D eigenvalue weighted by Crippen LogP contribution is -2.24. The van der Waals surface area contributed by atoms with Gasteiger partial charge >= 0.3 is 0 Å². The predicted molar refractivity (Wildman–Crippen MR) is 98.4 cm³/mol. The zero-order valence-electron chi connectivity index (χ0n) is 12.3. The summed E-state index contributed by atoms with van der Waals surface area (Å²) in [4.78, 5) is 11.6. The largest absolute Gasteiger partial charge is 0.496 e. The number of nitrogens with one attached hydrogen (secondary N) is 1. The lowest BCUT2D eigenvalue weighted by Gasteiger charge is -2.05. The van der Waals surface area contributed by atoms with Crippen LogP contribution in [-0.2, 0) is 4.79 Å². The zero-order valence-corrected chi connectivity index (χ0v) is 15.2. The van der Waals surface area contributed by atoms with E-state index >= 15 is 0 Å². The van der Waals surface area contributed by atoms with Crippen LogP contribution < -0.4 is 14.9 Å². The van der Waals surface area contributed by atoms with Gasteiger partial charge in [-0.15, -0.1) is 0 Å². The summed E-state index contributed by atoms with van der Waals surface area (Å²) in [7, 11) is 1.62. The third-order valence-corrected chi connectivity index (χ3v) is 3.86. The molecule has 0 spiro atoms. The van der Waals surface area contributed by atoms with Crippen molar-refractivity contribution in [1.82, 2.24) is 5.43 Å². The highest BCUT2D eigenvalue weighted by atomic mass is 127. The normalized spacial score (nSPS) is 10.6. The number of ether oxygens (including phenoxy) is 2. The van der Waals surface area contributed by atoms with Gasteiger partial charge in [0.2, 0.25) is 0 Å². The third kappa shape index (κ3) is 5.72. The Hall–Kier alpha value is -1.80. The van der Waals surface area contributed by atoms with E-state index in [0.29, 0.717) is 10.8 Å². The van der Waals surface area contributed by atoms with E-state index < -0.39 is 0 Å². The summed E-state index contributed by atoms with van der Waals surface area (Å²) < 4.78 is 11.5. The molecule has 0 aliphatic carbocycles. The van der Waals surface area contributed by atoms with Crippen molar-refractivity contribution < 1.29 is 14.3 Å². The van der Waals surface area contributed by atoms with E-state index in [9.17, 15) is 4.79 Å². The summed E-state index contributed by atoms with van der Waals surface area (Å²) in [5, 5.41) is 4.51. The lowest BCUT2D eigenvalue weighted by molar-refractivity contribution is -0.123. The quantitative estimate of drug-likeness (QED) is 0.422. The van der Waals surface area contributed by atoms with Gasteiger partial charge in [0, 0.05) is 5.02 Å². The van der Waals surface area contributed by atoms with E-state index in [1.165, 1.54) is 0 Å². The van der Waals surface area contributed by atoms with Crippen LogP contribution in [0.15, 0.2) is 47.6 Å². The van der Waals surface area contributed by atoms with Crippen molar-refractivity contribution in [3.05, 3.63) is 56.6 Å². The first-order valence-corrected chi connectivity index (χ1v) is 8.08. The second-order valence-electron chi connectivity index (χ2n) is 4.43. The van der Waals surface area contributed by atoms with Gasteiger partial charge in [-0.2, -0.15) is 5.10 Å². The molecule has 1 N–H and O–H groups in total. The molecule has 5 nitrogen and oxygen atoms in total. The number of halogens is 2. The van der Waals surface area contributed by atoms with E-state index in [-0.39, 0.29) is 12.5 Å². The number of benzene rings is 2. The maximum Gasteiger partial charge on any atom is 0.277 e. The predicted octanol–water partition coefficient (Wildman–Crippen LogP) is 3.48. The van der Waals surface area contributed by atoms with Crippen LogP contribution in [0.25, 0.3) is 0 Å². The second kappa shape index (κ2) is 8.73. The molecule has 0 aliphatic rings. The van der Waals surface area contributed by atoms with Crippen LogP contribution in [0, 0.1) is 3.57 Å². The van der Waals surface area contributed by atoms with Gasteiger partial charge in [-0.05, 0) is 70.6 Å². The van der Waals surface area contributed by atoms with Crippen molar-refractivity contribution in [2.45, 2.75) is 0 Å². The molecule has 7 heteroatoms. The van der Waals surface area contributed by atoms with Gasteiger partial charge in [-0.3, -0.25) is 4.79 Å². The topological polar surface area (TPSA) is 59.9 Å². The van der Waals surface area contributed by atoms with E-state index in [4.69, 9.17) is 21.1 Å². The van der Waals surface area contributed by atoms with Crippen molar-refractivity contribution in [1.29, 1.82) is 0 Å². The molecule has 1 amide bonds. The van der Waals surface area contributed by atoms with Crippen LogP contribution in [0.3, 0.4) is 0 Å². The van der Waals surface area contributed by atoms with Gasteiger partial charge < -0.3 is 9.47 Å². The Bertz CT molecular complexity index is 705. The highest BCUT2D eigenvalue weighted by Crippen LogP contribution is 2.20. The van der Waals surface area contributed by atoms with Crippen molar-refractivity contribution >= 4 is 46.3 Å². The molecule has 2 aromatic rings. The van der Waals surface area contributed by atoms with Crippen LogP contribution in [-0.4, -0.2) is 25.8 Å². The first kappa shape index (κ1) is 17.6. The van der Waals surface area contributed by atoms with E-state index in [1.807, 2.05) is 18.2 Å². The molecule has 2 rings (SSSR count). The molecule has 0 saturated heterocycles. The van der Waals surface area contributed by atoms with Crippen molar-refractivity contribution in [3.8, 4) is 11.5 Å². The monoisotopic (exact) mass is 444 g/mol. The highest BCUT2D eigenvalue weighted by Gasteiger charge is 2.02. The van der Waals surface area contributed by atoms with Crippen molar-refractivity contribution in [2.75, 3.05) is 13.7 Å². The fraction of sp³-hybridized carbons (Fsp3) is 0.125. The molecule has 0 fully saturated rings. The highest BCUT2D eigenvalue weighted by molar-refractivity contribution is 14.1. The SMILES string of the molecule is COc1ccc(/C=N/NC(=O)COc2ccc(Cl)cc2)cc1I. The minimum absolute atomic E-state index is 0.126. The first-order chi connectivity index (χ1) is 11.1. The number of methoxy groups -OCH3 is 1. The van der Waals surface area contributed by atoms with Crippen LogP contribution in [0.5, 0.6) is 11.5 Å². The zero-order chi connectivity index (χ0) is 16.7. The molecule has 0 atom stereocenters. The molecular formula is C16H14ClIN2O3. The number of carbonyl (C=O) groups is 1. The number of hydrogen-bond acceptors (Lipinski definition) is 4. The summed E-state index contributed by atoms with van der Waals surface area (Å²) in [5.74, 6) is 1.01. The molecule has 0 aromatic heterocycles. The fourth-order valence-corrected chi connectivity index (χ4v) is 2.54. The Balaban J connectivity index is 1.81. The van der Waals surface area contributed by atoms with Gasteiger partial charge in [-0.1, -0.05) is 11.6 Å². The minimum atomic E-state index is -0.348. The van der Waals surface area contributed by atoms with Crippen LogP contribution >= 0.6 is 34.2 Å². The molecule has 0 saturated carbocycles. The number of hydrazone groups is 1. The average molecular weight is 445 g/mol. The molecular weight excluding hydrogens is 431 g/mol. The van der Waals surface area contributed by atoms with E-state index in [2.05, 4.69) is 33.1 Å². The molecule has 23 heavy (non-hydrogen) atoms. The summed E-state index contributed by atoms with van der Waals surface area (Å²) in [6, 6.07) is 12.4. The number of amides is 1. The van der Waals surface area contributed by atoms with Crippen LogP contribution in [0.2, 0.25) is 5.02 Å². The first-order valence-electron chi connectivity index (χ1n) is 6.62. The maximum atomic E-state index is 11.6. The van der Waals surface area contributed by atoms with Gasteiger partial charge in [0.25, 0.3) is 5.91 Å². The van der Waals surface area contributed by atoms with E-state index in [0.717, 1.165) is 14.9 Å². The van der Waals surface area contributed by atoms with Gasteiger partial charge in [0.05, 0.1) is 16.9 Å². The lowest BCUT2D eigenvalue weighted by atomic mass is 10.2. The Morgan fingerprint density at radius 1 is 1.30 bits per heavy atom. The Morgan fingerprint density at radius 2 is 2.04 bits per heavy atom. The van der Waals surface area contributed by atoms with Gasteiger partial charge in [0.15, 0.2) is 6.61 Å². The molecule has 2 aromatic carbocycles. The number of rotatable bonds is 6. The molecule has 0 unspecified atom stereocenters. The molecule has 0 heterocycles. The molecule has 120 valence electrons. The minimum Gasteiger partial charge on any atom is -0.496 e. The maximum absolute atomic E-state index is 11.6. The summed E-state index contributed by atoms with van der Waals surface area (Å²) in [6.45, 7) is -0.126. The Labute approximate surface area is 152 Å². The standard InChI is InChI=1S/C16H14ClIN2O3/c1-22-15-7-2-11(8-14(15)18)9-19-20-16(21)10-23-13-5-3-12(17)4-6-13/h2-9H,10H2,1H3,(H,20,21)/b19-9+. The molecule has 0 radical (unpaired) electrons. The summed E-state index contributed by atoms with van der Waals surface area (Å²) in [6.07, 6.45) is 1.56. The van der Waals surface area contributed by atoms with Crippen LogP contribution in [0.4, 0.5) is 0 Å². The second-order valence-corrected chi connectivity index (χ2v) is 6.03. The van der Waals surface area contributed by atoms with E-state index in [1.54, 1.807) is 37.6 Å². The van der Waals surface area contributed by atoms with Gasteiger partial charge in [0.1, 0.15) is 11.5 Å². The molecule has 0 bridgehead atoms. The third-order valence-electron chi connectivity index (χ3n) is 2.76. The number of nitrogens with zero attached hydrogens (tertiary/aromatic N) is 1. The fourth-order valence-electron chi connectivity index (χ4n) is 1.65.